The standard InChI is InChI=1S/C22H28ClN3O3S2/c1-14-8-9-17(16(23)10-14)26(12-15-6-4-5-7-15)21(29)25-20-24-11-18(31-20)30-13-22(2,3)19(27)28/h8-11,15H,4-7,12-13H2,1-3H3,(H,27,28)(H,24,25,29). The number of aromatic nitrogens is 1. The number of hydrogen-bond donors (Lipinski definition) is 2. The van der Waals surface area contributed by atoms with Crippen molar-refractivity contribution in [3.8, 4) is 0 Å². The zero-order valence-electron chi connectivity index (χ0n) is 18.0. The van der Waals surface area contributed by atoms with Crippen molar-refractivity contribution in [3.05, 3.63) is 35.0 Å². The van der Waals surface area contributed by atoms with Crippen molar-refractivity contribution >= 4 is 57.5 Å². The van der Waals surface area contributed by atoms with E-state index in [0.29, 0.717) is 34.1 Å². The van der Waals surface area contributed by atoms with E-state index in [9.17, 15) is 14.7 Å². The number of halogens is 1. The average Bonchev–Trinajstić information content (AvgIpc) is 3.37. The van der Waals surface area contributed by atoms with E-state index in [1.54, 1.807) is 24.9 Å². The summed E-state index contributed by atoms with van der Waals surface area (Å²) >= 11 is 9.26. The van der Waals surface area contributed by atoms with Gasteiger partial charge in [-0.2, -0.15) is 0 Å². The van der Waals surface area contributed by atoms with Crippen LogP contribution in [0.4, 0.5) is 15.6 Å². The van der Waals surface area contributed by atoms with Crippen molar-refractivity contribution < 1.29 is 14.7 Å². The third kappa shape index (κ3) is 6.37. The van der Waals surface area contributed by atoms with Crippen LogP contribution in [0.3, 0.4) is 0 Å². The molecular weight excluding hydrogens is 454 g/mol. The summed E-state index contributed by atoms with van der Waals surface area (Å²) in [6.07, 6.45) is 6.29. The molecule has 0 bridgehead atoms. The van der Waals surface area contributed by atoms with Gasteiger partial charge in [0.05, 0.1) is 26.5 Å². The highest BCUT2D eigenvalue weighted by molar-refractivity contribution is 8.01. The van der Waals surface area contributed by atoms with Crippen LogP contribution < -0.4 is 10.2 Å². The van der Waals surface area contributed by atoms with E-state index in [4.69, 9.17) is 11.6 Å². The topological polar surface area (TPSA) is 82.5 Å². The maximum atomic E-state index is 13.2. The van der Waals surface area contributed by atoms with Crippen molar-refractivity contribution in [1.29, 1.82) is 0 Å². The molecule has 6 nitrogen and oxygen atoms in total. The highest BCUT2D eigenvalue weighted by Gasteiger charge is 2.28. The van der Waals surface area contributed by atoms with Crippen LogP contribution in [0, 0.1) is 18.3 Å². The largest absolute Gasteiger partial charge is 0.481 e. The average molecular weight is 482 g/mol. The van der Waals surface area contributed by atoms with Gasteiger partial charge < -0.3 is 5.11 Å². The molecule has 0 saturated heterocycles. The first-order valence-corrected chi connectivity index (χ1v) is 12.5. The quantitative estimate of drug-likeness (QED) is 0.418. The molecule has 1 aliphatic rings. The molecule has 0 unspecified atom stereocenters. The van der Waals surface area contributed by atoms with Crippen LogP contribution in [0.5, 0.6) is 0 Å². The van der Waals surface area contributed by atoms with E-state index in [1.807, 2.05) is 25.1 Å². The van der Waals surface area contributed by atoms with E-state index in [2.05, 4.69) is 10.3 Å². The first-order valence-electron chi connectivity index (χ1n) is 10.3. The number of carbonyl (C=O) groups is 2. The van der Waals surface area contributed by atoms with E-state index in [1.165, 1.54) is 35.9 Å². The molecule has 0 spiro atoms. The highest BCUT2D eigenvalue weighted by atomic mass is 35.5. The van der Waals surface area contributed by atoms with Gasteiger partial charge in [0.1, 0.15) is 0 Å². The Kier molecular flexibility index (Phi) is 7.88. The van der Waals surface area contributed by atoms with Crippen LogP contribution in [-0.2, 0) is 4.79 Å². The number of carboxylic acid groups (broad SMARTS) is 1. The first-order chi connectivity index (χ1) is 14.7. The molecule has 1 saturated carbocycles. The Balaban J connectivity index is 1.71. The SMILES string of the molecule is Cc1ccc(N(CC2CCCC2)C(=O)Nc2ncc(SCC(C)(C)C(=O)O)s2)c(Cl)c1. The number of aliphatic carboxylic acids is 1. The zero-order valence-corrected chi connectivity index (χ0v) is 20.4. The summed E-state index contributed by atoms with van der Waals surface area (Å²) < 4.78 is 0.861. The second kappa shape index (κ2) is 10.2. The van der Waals surface area contributed by atoms with Gasteiger partial charge in [0.25, 0.3) is 0 Å². The molecule has 1 aliphatic carbocycles. The molecule has 1 heterocycles. The summed E-state index contributed by atoms with van der Waals surface area (Å²) in [5.41, 5.74) is 0.907. The predicted octanol–water partition coefficient (Wildman–Crippen LogP) is 6.54. The Morgan fingerprint density at radius 2 is 2.06 bits per heavy atom. The number of carbonyl (C=O) groups excluding carboxylic acids is 1. The molecule has 0 atom stereocenters. The Hall–Kier alpha value is -1.77. The molecule has 1 aromatic carbocycles. The Labute approximate surface area is 196 Å². The van der Waals surface area contributed by atoms with Crippen LogP contribution in [-0.4, -0.2) is 34.4 Å². The van der Waals surface area contributed by atoms with E-state index in [-0.39, 0.29) is 6.03 Å². The minimum Gasteiger partial charge on any atom is -0.481 e. The maximum absolute atomic E-state index is 13.2. The van der Waals surface area contributed by atoms with Gasteiger partial charge in [-0.15, -0.1) is 11.8 Å². The van der Waals surface area contributed by atoms with Crippen molar-refractivity contribution in [2.24, 2.45) is 11.3 Å². The van der Waals surface area contributed by atoms with Gasteiger partial charge in [0.15, 0.2) is 5.13 Å². The van der Waals surface area contributed by atoms with E-state index < -0.39 is 11.4 Å². The molecule has 2 N–H and O–H groups in total. The summed E-state index contributed by atoms with van der Waals surface area (Å²) in [6.45, 7) is 5.97. The van der Waals surface area contributed by atoms with Gasteiger partial charge in [-0.05, 0) is 57.2 Å². The molecule has 31 heavy (non-hydrogen) atoms. The molecule has 0 radical (unpaired) electrons. The fourth-order valence-corrected chi connectivity index (χ4v) is 5.71. The van der Waals surface area contributed by atoms with Crippen molar-refractivity contribution in [1.82, 2.24) is 4.98 Å². The summed E-state index contributed by atoms with van der Waals surface area (Å²) in [5.74, 6) is 0.0457. The van der Waals surface area contributed by atoms with Crippen molar-refractivity contribution in [2.45, 2.75) is 50.7 Å². The van der Waals surface area contributed by atoms with Crippen LogP contribution in [0.2, 0.25) is 5.02 Å². The normalized spacial score (nSPS) is 14.6. The number of nitrogens with zero attached hydrogens (tertiary/aromatic N) is 2. The molecule has 2 amide bonds. The highest BCUT2D eigenvalue weighted by Crippen LogP contribution is 2.35. The summed E-state index contributed by atoms with van der Waals surface area (Å²) in [4.78, 5) is 30.5. The third-order valence-corrected chi connectivity index (χ3v) is 8.28. The monoisotopic (exact) mass is 481 g/mol. The zero-order chi connectivity index (χ0) is 22.6. The van der Waals surface area contributed by atoms with E-state index >= 15 is 0 Å². The van der Waals surface area contributed by atoms with Crippen LogP contribution in [0.15, 0.2) is 28.6 Å². The fourth-order valence-electron chi connectivity index (χ4n) is 3.43. The Bertz CT molecular complexity index is 942. The lowest BCUT2D eigenvalue weighted by atomic mass is 9.97. The number of benzene rings is 1. The number of carboxylic acids is 1. The molecule has 1 fully saturated rings. The van der Waals surface area contributed by atoms with Crippen LogP contribution >= 0.6 is 34.7 Å². The molecule has 0 aliphatic heterocycles. The number of anilines is 2. The minimum atomic E-state index is -0.837. The number of urea groups is 1. The van der Waals surface area contributed by atoms with Gasteiger partial charge in [-0.25, -0.2) is 9.78 Å². The van der Waals surface area contributed by atoms with Gasteiger partial charge in [0, 0.05) is 12.3 Å². The molecule has 2 aromatic rings. The van der Waals surface area contributed by atoms with Crippen LogP contribution in [0.1, 0.15) is 45.1 Å². The lowest BCUT2D eigenvalue weighted by Gasteiger charge is -2.26. The third-order valence-electron chi connectivity index (χ3n) is 5.41. The molecule has 3 rings (SSSR count). The number of hydrogen-bond acceptors (Lipinski definition) is 5. The van der Waals surface area contributed by atoms with E-state index in [0.717, 1.165) is 22.6 Å². The fraction of sp³-hybridized carbons (Fsp3) is 0.500. The Morgan fingerprint density at radius 3 is 2.71 bits per heavy atom. The van der Waals surface area contributed by atoms with Gasteiger partial charge in [-0.1, -0.05) is 41.8 Å². The second-order valence-electron chi connectivity index (χ2n) is 8.61. The molecule has 1 aromatic heterocycles. The Morgan fingerprint density at radius 1 is 1.35 bits per heavy atom. The van der Waals surface area contributed by atoms with Crippen molar-refractivity contribution in [3.63, 3.8) is 0 Å². The molecule has 9 heteroatoms. The lowest BCUT2D eigenvalue weighted by molar-refractivity contribution is -0.145. The molecule has 168 valence electrons. The second-order valence-corrected chi connectivity index (χ2v) is 11.3. The van der Waals surface area contributed by atoms with Gasteiger partial charge in [-0.3, -0.25) is 15.0 Å². The lowest BCUT2D eigenvalue weighted by Crippen LogP contribution is -2.38. The summed E-state index contributed by atoms with van der Waals surface area (Å²) in [7, 11) is 0. The number of rotatable bonds is 8. The molecular formula is C22H28ClN3O3S2. The van der Waals surface area contributed by atoms with Crippen LogP contribution in [0.25, 0.3) is 0 Å². The van der Waals surface area contributed by atoms with Crippen molar-refractivity contribution in [2.75, 3.05) is 22.5 Å². The smallest absolute Gasteiger partial charge is 0.328 e. The first kappa shape index (κ1) is 23.9. The van der Waals surface area contributed by atoms with Gasteiger partial charge >= 0.3 is 12.0 Å². The number of amides is 2. The van der Waals surface area contributed by atoms with Gasteiger partial charge in [0.2, 0.25) is 0 Å². The number of nitrogens with one attached hydrogen (secondary N) is 1. The number of aryl methyl sites for hydroxylation is 1. The minimum absolute atomic E-state index is 0.255. The number of thiazole rings is 1. The summed E-state index contributed by atoms with van der Waals surface area (Å²) in [6, 6.07) is 5.46. The maximum Gasteiger partial charge on any atom is 0.328 e. The summed E-state index contributed by atoms with van der Waals surface area (Å²) in [5, 5.41) is 13.2. The predicted molar refractivity (Wildman–Crippen MR) is 129 cm³/mol. The number of thioether (sulfide) groups is 1.